The van der Waals surface area contributed by atoms with Crippen molar-refractivity contribution in [1.29, 1.82) is 0 Å². The van der Waals surface area contributed by atoms with Gasteiger partial charge in [0.1, 0.15) is 5.82 Å². The molecule has 138 valence electrons. The fraction of sp³-hybridized carbons (Fsp3) is 0.190. The van der Waals surface area contributed by atoms with Gasteiger partial charge in [0, 0.05) is 35.3 Å². The molecule has 27 heavy (non-hydrogen) atoms. The van der Waals surface area contributed by atoms with Crippen molar-refractivity contribution in [3.63, 3.8) is 0 Å². The molecule has 6 nitrogen and oxygen atoms in total. The van der Waals surface area contributed by atoms with Crippen LogP contribution in [0.3, 0.4) is 0 Å². The molecule has 2 heterocycles. The number of methoxy groups -OCH3 is 3. The van der Waals surface area contributed by atoms with Crippen molar-refractivity contribution in [1.82, 2.24) is 14.5 Å². The molecule has 0 radical (unpaired) electrons. The van der Waals surface area contributed by atoms with E-state index in [0.717, 1.165) is 22.6 Å². The smallest absolute Gasteiger partial charge is 0.203 e. The van der Waals surface area contributed by atoms with E-state index in [1.165, 1.54) is 10.9 Å². The van der Waals surface area contributed by atoms with Gasteiger partial charge in [0.2, 0.25) is 5.75 Å². The first-order valence-corrected chi connectivity index (χ1v) is 8.55. The van der Waals surface area contributed by atoms with E-state index < -0.39 is 0 Å². The van der Waals surface area contributed by atoms with E-state index in [1.807, 2.05) is 25.4 Å². The number of H-pyrrole nitrogens is 1. The third-order valence-electron chi connectivity index (χ3n) is 4.71. The van der Waals surface area contributed by atoms with E-state index in [2.05, 4.69) is 45.0 Å². The number of hydrogen-bond acceptors (Lipinski definition) is 4. The van der Waals surface area contributed by atoms with Crippen LogP contribution in [0, 0.1) is 0 Å². The summed E-state index contributed by atoms with van der Waals surface area (Å²) in [7, 11) is 6.84. The maximum Gasteiger partial charge on any atom is 0.203 e. The largest absolute Gasteiger partial charge is 0.493 e. The summed E-state index contributed by atoms with van der Waals surface area (Å²) in [4.78, 5) is 7.94. The van der Waals surface area contributed by atoms with Crippen LogP contribution >= 0.6 is 0 Å². The lowest BCUT2D eigenvalue weighted by Gasteiger charge is -2.13. The molecule has 0 spiro atoms. The number of benzene rings is 2. The van der Waals surface area contributed by atoms with Crippen LogP contribution in [0.25, 0.3) is 33.5 Å². The molecular formula is C21H21N3O3. The molecule has 6 heteroatoms. The molecule has 1 N–H and O–H groups in total. The third-order valence-corrected chi connectivity index (χ3v) is 4.71. The number of ether oxygens (including phenoxy) is 3. The van der Waals surface area contributed by atoms with Gasteiger partial charge < -0.3 is 23.8 Å². The average Bonchev–Trinajstić information content (AvgIpc) is 3.34. The lowest BCUT2D eigenvalue weighted by atomic mass is 10.1. The topological polar surface area (TPSA) is 61.3 Å². The average molecular weight is 363 g/mol. The van der Waals surface area contributed by atoms with Gasteiger partial charge in [0.05, 0.1) is 33.2 Å². The van der Waals surface area contributed by atoms with Crippen molar-refractivity contribution in [2.45, 2.75) is 0 Å². The molecule has 0 aliphatic rings. The van der Waals surface area contributed by atoms with Gasteiger partial charge in [-0.2, -0.15) is 0 Å². The summed E-state index contributed by atoms with van der Waals surface area (Å²) >= 11 is 0. The summed E-state index contributed by atoms with van der Waals surface area (Å²) in [6, 6.07) is 12.2. The normalized spacial score (nSPS) is 11.0. The number of aryl methyl sites for hydroxylation is 1. The second-order valence-corrected chi connectivity index (χ2v) is 6.26. The van der Waals surface area contributed by atoms with Gasteiger partial charge in [-0.15, -0.1) is 0 Å². The van der Waals surface area contributed by atoms with Crippen molar-refractivity contribution in [2.24, 2.45) is 7.05 Å². The van der Waals surface area contributed by atoms with E-state index in [0.29, 0.717) is 17.2 Å². The lowest BCUT2D eigenvalue weighted by Crippen LogP contribution is -1.95. The highest BCUT2D eigenvalue weighted by Gasteiger charge is 2.15. The number of rotatable bonds is 5. The standard InChI is InChI=1S/C21H21N3O3/c1-24-8-7-13-9-14(5-6-17(13)24)21-22-12-16(23-21)15-10-18(25-2)20(27-4)19(11-15)26-3/h5-12H,1-4H3,(H,22,23). The molecule has 0 aliphatic heterocycles. The summed E-state index contributed by atoms with van der Waals surface area (Å²) in [6.07, 6.45) is 3.86. The summed E-state index contributed by atoms with van der Waals surface area (Å²) in [5.41, 5.74) is 4.00. The number of hydrogen-bond donors (Lipinski definition) is 1. The first-order valence-electron chi connectivity index (χ1n) is 8.55. The molecule has 0 saturated carbocycles. The number of aromatic amines is 1. The quantitative estimate of drug-likeness (QED) is 0.575. The van der Waals surface area contributed by atoms with Crippen LogP contribution in [0.5, 0.6) is 17.2 Å². The van der Waals surface area contributed by atoms with E-state index in [4.69, 9.17) is 14.2 Å². The van der Waals surface area contributed by atoms with E-state index in [-0.39, 0.29) is 0 Å². The van der Waals surface area contributed by atoms with Gasteiger partial charge in [-0.05, 0) is 36.4 Å². The molecule has 0 unspecified atom stereocenters. The van der Waals surface area contributed by atoms with Crippen LogP contribution < -0.4 is 14.2 Å². The Morgan fingerprint density at radius 2 is 1.63 bits per heavy atom. The summed E-state index contributed by atoms with van der Waals surface area (Å²) < 4.78 is 18.4. The molecule has 2 aromatic carbocycles. The molecule has 0 atom stereocenters. The van der Waals surface area contributed by atoms with Gasteiger partial charge in [0.25, 0.3) is 0 Å². The predicted octanol–water partition coefficient (Wildman–Crippen LogP) is 4.26. The summed E-state index contributed by atoms with van der Waals surface area (Å²) in [6.45, 7) is 0. The van der Waals surface area contributed by atoms with Gasteiger partial charge >= 0.3 is 0 Å². The molecule has 0 amide bonds. The van der Waals surface area contributed by atoms with Crippen molar-refractivity contribution in [3.8, 4) is 39.9 Å². The van der Waals surface area contributed by atoms with Crippen molar-refractivity contribution < 1.29 is 14.2 Å². The highest BCUT2D eigenvalue weighted by molar-refractivity contribution is 5.85. The Kier molecular flexibility index (Phi) is 4.24. The molecule has 4 aromatic rings. The van der Waals surface area contributed by atoms with Crippen LogP contribution in [0.2, 0.25) is 0 Å². The second-order valence-electron chi connectivity index (χ2n) is 6.26. The fourth-order valence-corrected chi connectivity index (χ4v) is 3.28. The Hall–Kier alpha value is -3.41. The Morgan fingerprint density at radius 1 is 0.889 bits per heavy atom. The monoisotopic (exact) mass is 363 g/mol. The van der Waals surface area contributed by atoms with Gasteiger partial charge in [-0.1, -0.05) is 0 Å². The van der Waals surface area contributed by atoms with E-state index >= 15 is 0 Å². The maximum atomic E-state index is 5.44. The molecule has 0 aliphatic carbocycles. The first kappa shape index (κ1) is 17.0. The van der Waals surface area contributed by atoms with E-state index in [9.17, 15) is 0 Å². The molecule has 0 fully saturated rings. The molecule has 0 bridgehead atoms. The van der Waals surface area contributed by atoms with Gasteiger partial charge in [0.15, 0.2) is 11.5 Å². The zero-order valence-electron chi connectivity index (χ0n) is 15.7. The van der Waals surface area contributed by atoms with Crippen molar-refractivity contribution in [3.05, 3.63) is 48.8 Å². The Morgan fingerprint density at radius 3 is 2.30 bits per heavy atom. The third kappa shape index (κ3) is 2.89. The minimum Gasteiger partial charge on any atom is -0.493 e. The minimum atomic E-state index is 0.568. The fourth-order valence-electron chi connectivity index (χ4n) is 3.28. The first-order chi connectivity index (χ1) is 13.1. The van der Waals surface area contributed by atoms with Crippen LogP contribution in [-0.2, 0) is 7.05 Å². The minimum absolute atomic E-state index is 0.568. The van der Waals surface area contributed by atoms with Gasteiger partial charge in [-0.3, -0.25) is 0 Å². The van der Waals surface area contributed by atoms with Crippen molar-refractivity contribution >= 4 is 10.9 Å². The van der Waals surface area contributed by atoms with Crippen LogP contribution in [0.15, 0.2) is 48.8 Å². The summed E-state index contributed by atoms with van der Waals surface area (Å²) in [5.74, 6) is 2.59. The number of nitrogens with one attached hydrogen (secondary N) is 1. The molecule has 2 aromatic heterocycles. The van der Waals surface area contributed by atoms with Crippen LogP contribution in [-0.4, -0.2) is 35.9 Å². The highest BCUT2D eigenvalue weighted by atomic mass is 16.5. The Bertz CT molecular complexity index is 1090. The number of aromatic nitrogens is 3. The zero-order valence-corrected chi connectivity index (χ0v) is 15.7. The molecule has 4 rings (SSSR count). The van der Waals surface area contributed by atoms with E-state index in [1.54, 1.807) is 21.3 Å². The lowest BCUT2D eigenvalue weighted by molar-refractivity contribution is 0.324. The SMILES string of the molecule is COc1cc(-c2cnc(-c3ccc4c(ccn4C)c3)[nH]2)cc(OC)c1OC. The number of nitrogens with zero attached hydrogens (tertiary/aromatic N) is 2. The number of imidazole rings is 1. The second kappa shape index (κ2) is 6.72. The Balaban J connectivity index is 1.75. The number of fused-ring (bicyclic) bond motifs is 1. The zero-order chi connectivity index (χ0) is 19.0. The molecular weight excluding hydrogens is 342 g/mol. The van der Waals surface area contributed by atoms with Gasteiger partial charge in [-0.25, -0.2) is 4.98 Å². The molecule has 0 saturated heterocycles. The predicted molar refractivity (Wildman–Crippen MR) is 106 cm³/mol. The van der Waals surface area contributed by atoms with Crippen LogP contribution in [0.1, 0.15) is 0 Å². The highest BCUT2D eigenvalue weighted by Crippen LogP contribution is 2.41. The van der Waals surface area contributed by atoms with Crippen molar-refractivity contribution in [2.75, 3.05) is 21.3 Å². The summed E-state index contributed by atoms with van der Waals surface area (Å²) in [5, 5.41) is 1.18. The Labute approximate surface area is 157 Å². The maximum absolute atomic E-state index is 5.44. The van der Waals surface area contributed by atoms with Crippen LogP contribution in [0.4, 0.5) is 0 Å².